The van der Waals surface area contributed by atoms with Crippen LogP contribution in [0.4, 0.5) is 4.79 Å². The molecule has 152 valence electrons. The summed E-state index contributed by atoms with van der Waals surface area (Å²) in [6.07, 6.45) is -1.48. The fourth-order valence-electron chi connectivity index (χ4n) is 4.22. The zero-order valence-corrected chi connectivity index (χ0v) is 15.7. The number of benzene rings is 2. The van der Waals surface area contributed by atoms with E-state index in [9.17, 15) is 15.0 Å². The molecule has 2 N–H and O–H groups in total. The zero-order valence-electron chi connectivity index (χ0n) is 15.7. The van der Waals surface area contributed by atoms with Crippen molar-refractivity contribution in [1.82, 2.24) is 4.90 Å². The van der Waals surface area contributed by atoms with Gasteiger partial charge >= 0.3 is 6.09 Å². The number of aliphatic hydroxyl groups excluding tert-OH is 1. The molecule has 3 heterocycles. The van der Waals surface area contributed by atoms with Crippen molar-refractivity contribution in [3.63, 3.8) is 0 Å². The number of amides is 1. The highest BCUT2D eigenvalue weighted by Gasteiger charge is 2.49. The third kappa shape index (κ3) is 2.47. The van der Waals surface area contributed by atoms with Crippen LogP contribution in [0.1, 0.15) is 28.8 Å². The highest BCUT2D eigenvalue weighted by molar-refractivity contribution is 5.74. The van der Waals surface area contributed by atoms with E-state index >= 15 is 0 Å². The Hall–Kier alpha value is -3.33. The summed E-state index contributed by atoms with van der Waals surface area (Å²) in [5.41, 5.74) is 1.93. The lowest BCUT2D eigenvalue weighted by Gasteiger charge is -2.40. The van der Waals surface area contributed by atoms with Gasteiger partial charge in [0.25, 0.3) is 0 Å². The second kappa shape index (κ2) is 6.35. The Labute approximate surface area is 165 Å². The number of hydrogen-bond acceptors (Lipinski definition) is 8. The number of methoxy groups -OCH3 is 2. The number of phenols is 1. The quantitative estimate of drug-likeness (QED) is 0.805. The Kier molecular flexibility index (Phi) is 3.88. The van der Waals surface area contributed by atoms with Crippen LogP contribution in [0.25, 0.3) is 0 Å². The van der Waals surface area contributed by atoms with Crippen molar-refractivity contribution in [2.75, 3.05) is 27.6 Å². The van der Waals surface area contributed by atoms with Crippen LogP contribution in [-0.4, -0.2) is 54.9 Å². The number of phenolic OH excluding ortho intramolecular Hbond substituents is 1. The Morgan fingerprint density at radius 3 is 2.24 bits per heavy atom. The van der Waals surface area contributed by atoms with Crippen LogP contribution in [0.5, 0.6) is 28.7 Å². The van der Waals surface area contributed by atoms with E-state index in [2.05, 4.69) is 0 Å². The zero-order chi connectivity index (χ0) is 20.3. The molecule has 0 saturated carbocycles. The number of carbonyl (C=O) groups excluding carboxylic acids is 1. The first-order chi connectivity index (χ1) is 14.0. The molecule has 3 aliphatic rings. The van der Waals surface area contributed by atoms with Crippen molar-refractivity contribution >= 4 is 6.09 Å². The highest BCUT2D eigenvalue weighted by Crippen LogP contribution is 2.51. The number of rotatable bonds is 3. The molecule has 3 atom stereocenters. The van der Waals surface area contributed by atoms with Gasteiger partial charge in [0.2, 0.25) is 12.5 Å². The van der Waals surface area contributed by atoms with E-state index in [0.717, 1.165) is 0 Å². The maximum absolute atomic E-state index is 12.6. The first kappa shape index (κ1) is 17.7. The van der Waals surface area contributed by atoms with Crippen molar-refractivity contribution in [3.05, 3.63) is 41.0 Å². The summed E-state index contributed by atoms with van der Waals surface area (Å²) in [4.78, 5) is 14.1. The summed E-state index contributed by atoms with van der Waals surface area (Å²) in [5, 5.41) is 21.2. The third-order valence-electron chi connectivity index (χ3n) is 5.60. The summed E-state index contributed by atoms with van der Waals surface area (Å²) in [7, 11) is 2.86. The summed E-state index contributed by atoms with van der Waals surface area (Å²) < 4.78 is 26.8. The largest absolute Gasteiger partial charge is 0.502 e. The van der Waals surface area contributed by atoms with Crippen LogP contribution in [0.15, 0.2) is 24.3 Å². The number of hydrogen-bond donors (Lipinski definition) is 2. The number of carbonyl (C=O) groups is 1. The van der Waals surface area contributed by atoms with Crippen LogP contribution < -0.4 is 18.9 Å². The Morgan fingerprint density at radius 2 is 1.62 bits per heavy atom. The summed E-state index contributed by atoms with van der Waals surface area (Å²) in [5.74, 6) is 1.35. The maximum Gasteiger partial charge on any atom is 0.411 e. The van der Waals surface area contributed by atoms with E-state index < -0.39 is 24.3 Å². The lowest BCUT2D eigenvalue weighted by Crippen LogP contribution is -2.45. The van der Waals surface area contributed by atoms with E-state index in [-0.39, 0.29) is 30.6 Å². The van der Waals surface area contributed by atoms with Gasteiger partial charge in [-0.2, -0.15) is 0 Å². The Morgan fingerprint density at radius 1 is 1.00 bits per heavy atom. The minimum absolute atomic E-state index is 0.0662. The van der Waals surface area contributed by atoms with Crippen molar-refractivity contribution in [1.29, 1.82) is 0 Å². The molecule has 3 aliphatic heterocycles. The molecule has 0 spiro atoms. The van der Waals surface area contributed by atoms with Gasteiger partial charge in [-0.15, -0.1) is 0 Å². The SMILES string of the molecule is COc1cc([C@@H]2c3cc4c(cc3[C@@H](O)[C@H]3COC(=O)N23)OCO4)cc(OC)c1O. The lowest BCUT2D eigenvalue weighted by atomic mass is 9.83. The smallest absolute Gasteiger partial charge is 0.411 e. The fourth-order valence-corrected chi connectivity index (χ4v) is 4.22. The molecule has 0 radical (unpaired) electrons. The average molecular weight is 401 g/mol. The monoisotopic (exact) mass is 401 g/mol. The predicted molar refractivity (Wildman–Crippen MR) is 97.6 cm³/mol. The molecule has 1 amide bonds. The van der Waals surface area contributed by atoms with Crippen LogP contribution >= 0.6 is 0 Å². The first-order valence-corrected chi connectivity index (χ1v) is 9.05. The lowest BCUT2D eigenvalue weighted by molar-refractivity contribution is 0.0586. The molecule has 0 aromatic heterocycles. The Bertz CT molecular complexity index is 981. The maximum atomic E-state index is 12.6. The normalized spacial score (nSPS) is 24.0. The molecular formula is C20H19NO8. The van der Waals surface area contributed by atoms with Gasteiger partial charge in [0.15, 0.2) is 23.0 Å². The number of nitrogens with zero attached hydrogens (tertiary/aromatic N) is 1. The molecular weight excluding hydrogens is 382 g/mol. The predicted octanol–water partition coefficient (Wildman–Crippen LogP) is 2.10. The molecule has 0 aliphatic carbocycles. The number of aliphatic hydroxyl groups is 1. The minimum atomic E-state index is -0.942. The summed E-state index contributed by atoms with van der Waals surface area (Å²) in [6.45, 7) is 0.158. The van der Waals surface area contributed by atoms with Crippen LogP contribution in [0.3, 0.4) is 0 Å². The van der Waals surface area contributed by atoms with E-state index in [0.29, 0.717) is 28.2 Å². The van der Waals surface area contributed by atoms with Gasteiger partial charge in [-0.3, -0.25) is 4.90 Å². The molecule has 9 nitrogen and oxygen atoms in total. The van der Waals surface area contributed by atoms with Gasteiger partial charge in [0, 0.05) is 0 Å². The van der Waals surface area contributed by atoms with Crippen LogP contribution in [-0.2, 0) is 4.74 Å². The minimum Gasteiger partial charge on any atom is -0.502 e. The first-order valence-electron chi connectivity index (χ1n) is 9.05. The van der Waals surface area contributed by atoms with Crippen molar-refractivity contribution < 1.29 is 38.7 Å². The third-order valence-corrected chi connectivity index (χ3v) is 5.60. The van der Waals surface area contributed by atoms with Crippen LogP contribution in [0, 0.1) is 0 Å². The van der Waals surface area contributed by atoms with E-state index in [1.165, 1.54) is 19.1 Å². The number of cyclic esters (lactones) is 1. The van der Waals surface area contributed by atoms with Gasteiger partial charge in [-0.1, -0.05) is 0 Å². The van der Waals surface area contributed by atoms with Crippen LogP contribution in [0.2, 0.25) is 0 Å². The van der Waals surface area contributed by atoms with Gasteiger partial charge in [0.05, 0.1) is 20.3 Å². The van der Waals surface area contributed by atoms with E-state index in [4.69, 9.17) is 23.7 Å². The molecule has 5 rings (SSSR count). The molecule has 29 heavy (non-hydrogen) atoms. The standard InChI is InChI=1S/C20H19NO8/c1-25-15-3-9(4-16(26-2)19(15)23)17-10-5-13-14(29-8-28-13)6-11(10)18(22)12-7-27-20(24)21(12)17/h3-6,12,17-18,22-23H,7-8H2,1-2H3/t12-,17-,18-/m1/s1. The van der Waals surface area contributed by atoms with Gasteiger partial charge in [0.1, 0.15) is 18.8 Å². The molecule has 2 aromatic rings. The van der Waals surface area contributed by atoms with E-state index in [1.807, 2.05) is 0 Å². The molecule has 9 heteroatoms. The highest BCUT2D eigenvalue weighted by atomic mass is 16.7. The molecule has 1 fully saturated rings. The van der Waals surface area contributed by atoms with Crippen molar-refractivity contribution in [2.24, 2.45) is 0 Å². The average Bonchev–Trinajstić information content (AvgIpc) is 3.34. The van der Waals surface area contributed by atoms with Crippen molar-refractivity contribution in [2.45, 2.75) is 18.2 Å². The topological polar surface area (TPSA) is 107 Å². The van der Waals surface area contributed by atoms with Gasteiger partial charge in [-0.05, 0) is 41.0 Å². The number of fused-ring (bicyclic) bond motifs is 3. The second-order valence-corrected chi connectivity index (χ2v) is 7.01. The fraction of sp³-hybridized carbons (Fsp3) is 0.350. The van der Waals surface area contributed by atoms with Gasteiger partial charge in [-0.25, -0.2) is 4.79 Å². The Balaban J connectivity index is 1.75. The molecule has 0 unspecified atom stereocenters. The second-order valence-electron chi connectivity index (χ2n) is 7.01. The summed E-state index contributed by atoms with van der Waals surface area (Å²) >= 11 is 0. The van der Waals surface area contributed by atoms with Gasteiger partial charge < -0.3 is 33.9 Å². The molecule has 0 bridgehead atoms. The molecule has 1 saturated heterocycles. The number of aromatic hydroxyl groups is 1. The summed E-state index contributed by atoms with van der Waals surface area (Å²) in [6, 6.07) is 5.61. The molecule has 2 aromatic carbocycles. The van der Waals surface area contributed by atoms with Crippen molar-refractivity contribution in [3.8, 4) is 28.7 Å². The van der Waals surface area contributed by atoms with E-state index in [1.54, 1.807) is 24.3 Å². The number of ether oxygens (including phenoxy) is 5.